The second kappa shape index (κ2) is 4.31. The highest BCUT2D eigenvalue weighted by atomic mass is 16.7. The number of nitrogens with zero attached hydrogens (tertiary/aromatic N) is 1. The largest absolute Gasteiger partial charge is 0.480 e. The van der Waals surface area contributed by atoms with Crippen molar-refractivity contribution >= 4 is 5.97 Å². The lowest BCUT2D eigenvalue weighted by atomic mass is 10.3. The van der Waals surface area contributed by atoms with E-state index in [-0.39, 0.29) is 6.04 Å². The van der Waals surface area contributed by atoms with E-state index in [0.29, 0.717) is 0 Å². The Morgan fingerprint density at radius 1 is 1.45 bits per heavy atom. The molecule has 0 aromatic rings. The molecule has 0 spiro atoms. The van der Waals surface area contributed by atoms with E-state index in [9.17, 15) is 4.79 Å². The molecule has 4 heteroatoms. The molecule has 0 amide bonds. The summed E-state index contributed by atoms with van der Waals surface area (Å²) in [7, 11) is 1.47. The maximum Gasteiger partial charge on any atom is 0.323 e. The van der Waals surface area contributed by atoms with Crippen LogP contribution in [0.1, 0.15) is 20.8 Å². The third kappa shape index (κ3) is 2.86. The first-order valence-corrected chi connectivity index (χ1v) is 3.56. The van der Waals surface area contributed by atoms with Gasteiger partial charge in [0.1, 0.15) is 6.04 Å². The molecule has 0 radical (unpaired) electrons. The summed E-state index contributed by atoms with van der Waals surface area (Å²) in [6, 6.07) is -0.522. The van der Waals surface area contributed by atoms with Crippen LogP contribution < -0.4 is 0 Å². The second-order valence-corrected chi connectivity index (χ2v) is 2.65. The standard InChI is InChI=1S/C7H15NO3/c1-5(2)8(11-4)6(3)7(9)10/h5-6H,1-4H3,(H,9,10). The number of carbonyl (C=O) groups is 1. The SMILES string of the molecule is CON(C(C)C)C(C)C(=O)O. The Hall–Kier alpha value is -0.610. The maximum atomic E-state index is 10.5. The fraction of sp³-hybridized carbons (Fsp3) is 0.857. The number of hydrogen-bond donors (Lipinski definition) is 1. The summed E-state index contributed by atoms with van der Waals surface area (Å²) >= 11 is 0. The Labute approximate surface area is 66.7 Å². The fourth-order valence-corrected chi connectivity index (χ4v) is 0.925. The van der Waals surface area contributed by atoms with Gasteiger partial charge in [0, 0.05) is 6.04 Å². The van der Waals surface area contributed by atoms with Gasteiger partial charge in [-0.25, -0.2) is 0 Å². The Kier molecular flexibility index (Phi) is 4.07. The number of aliphatic carboxylic acids is 1. The first kappa shape index (κ1) is 10.4. The van der Waals surface area contributed by atoms with Crippen molar-refractivity contribution < 1.29 is 14.7 Å². The molecule has 0 bridgehead atoms. The average molecular weight is 161 g/mol. The molecule has 1 N–H and O–H groups in total. The van der Waals surface area contributed by atoms with Crippen LogP contribution in [-0.4, -0.2) is 35.3 Å². The van der Waals surface area contributed by atoms with Gasteiger partial charge in [0.15, 0.2) is 0 Å². The van der Waals surface area contributed by atoms with Crippen molar-refractivity contribution in [2.24, 2.45) is 0 Å². The lowest BCUT2D eigenvalue weighted by Gasteiger charge is -2.26. The molecule has 1 atom stereocenters. The zero-order chi connectivity index (χ0) is 9.02. The molecule has 0 aromatic carbocycles. The molecule has 66 valence electrons. The van der Waals surface area contributed by atoms with E-state index in [1.54, 1.807) is 6.92 Å². The van der Waals surface area contributed by atoms with Crippen molar-refractivity contribution in [2.45, 2.75) is 32.9 Å². The van der Waals surface area contributed by atoms with Crippen LogP contribution in [0, 0.1) is 0 Å². The molecule has 0 heterocycles. The van der Waals surface area contributed by atoms with Crippen LogP contribution >= 0.6 is 0 Å². The van der Waals surface area contributed by atoms with E-state index in [0.717, 1.165) is 0 Å². The van der Waals surface area contributed by atoms with E-state index in [1.165, 1.54) is 12.2 Å². The average Bonchev–Trinajstić information content (AvgIpc) is 1.88. The highest BCUT2D eigenvalue weighted by Crippen LogP contribution is 2.04. The minimum absolute atomic E-state index is 0.0751. The quantitative estimate of drug-likeness (QED) is 0.617. The molecule has 0 aliphatic rings. The summed E-state index contributed by atoms with van der Waals surface area (Å²) in [6.45, 7) is 5.34. The van der Waals surface area contributed by atoms with Crippen molar-refractivity contribution in [3.63, 3.8) is 0 Å². The molecular formula is C7H15NO3. The van der Waals surface area contributed by atoms with Crippen LogP contribution in [0.5, 0.6) is 0 Å². The topological polar surface area (TPSA) is 49.8 Å². The van der Waals surface area contributed by atoms with Crippen LogP contribution in [0.3, 0.4) is 0 Å². The van der Waals surface area contributed by atoms with E-state index < -0.39 is 12.0 Å². The summed E-state index contributed by atoms with van der Waals surface area (Å²) in [5, 5.41) is 10.0. The zero-order valence-corrected chi connectivity index (χ0v) is 7.37. The Morgan fingerprint density at radius 2 is 1.91 bits per heavy atom. The van der Waals surface area contributed by atoms with Gasteiger partial charge in [0.25, 0.3) is 0 Å². The minimum atomic E-state index is -0.874. The molecule has 0 aliphatic heterocycles. The van der Waals surface area contributed by atoms with E-state index in [2.05, 4.69) is 0 Å². The number of hydroxylamine groups is 2. The summed E-state index contributed by atoms with van der Waals surface area (Å²) in [5.41, 5.74) is 0. The summed E-state index contributed by atoms with van der Waals surface area (Å²) < 4.78 is 0. The third-order valence-corrected chi connectivity index (χ3v) is 1.46. The molecule has 0 aliphatic carbocycles. The van der Waals surface area contributed by atoms with Gasteiger partial charge in [-0.1, -0.05) is 0 Å². The zero-order valence-electron chi connectivity index (χ0n) is 7.37. The number of carboxylic acids is 1. The Bertz CT molecular complexity index is 136. The Morgan fingerprint density at radius 3 is 2.00 bits per heavy atom. The molecule has 0 aromatic heterocycles. The van der Waals surface area contributed by atoms with Crippen LogP contribution in [-0.2, 0) is 9.63 Å². The van der Waals surface area contributed by atoms with E-state index in [4.69, 9.17) is 9.94 Å². The molecular weight excluding hydrogens is 146 g/mol. The minimum Gasteiger partial charge on any atom is -0.480 e. The third-order valence-electron chi connectivity index (χ3n) is 1.46. The first-order valence-electron chi connectivity index (χ1n) is 3.56. The van der Waals surface area contributed by atoms with E-state index >= 15 is 0 Å². The highest BCUT2D eigenvalue weighted by Gasteiger charge is 2.22. The summed E-state index contributed by atoms with van der Waals surface area (Å²) in [6.07, 6.45) is 0. The van der Waals surface area contributed by atoms with Gasteiger partial charge < -0.3 is 9.94 Å². The summed E-state index contributed by atoms with van der Waals surface area (Å²) in [5.74, 6) is -0.874. The fourth-order valence-electron chi connectivity index (χ4n) is 0.925. The van der Waals surface area contributed by atoms with Crippen molar-refractivity contribution in [3.05, 3.63) is 0 Å². The molecule has 0 rings (SSSR count). The monoisotopic (exact) mass is 161 g/mol. The normalized spacial score (nSPS) is 14.0. The van der Waals surface area contributed by atoms with E-state index in [1.807, 2.05) is 13.8 Å². The predicted molar refractivity (Wildman–Crippen MR) is 41.1 cm³/mol. The van der Waals surface area contributed by atoms with Crippen LogP contribution in [0.15, 0.2) is 0 Å². The molecule has 0 saturated carbocycles. The molecule has 1 unspecified atom stereocenters. The van der Waals surface area contributed by atoms with Crippen LogP contribution in [0.2, 0.25) is 0 Å². The van der Waals surface area contributed by atoms with Crippen molar-refractivity contribution in [1.29, 1.82) is 0 Å². The lowest BCUT2D eigenvalue weighted by Crippen LogP contribution is -2.42. The van der Waals surface area contributed by atoms with Gasteiger partial charge >= 0.3 is 5.97 Å². The number of rotatable bonds is 4. The molecule has 4 nitrogen and oxygen atoms in total. The van der Waals surface area contributed by atoms with Gasteiger partial charge in [-0.15, -0.1) is 0 Å². The highest BCUT2D eigenvalue weighted by molar-refractivity contribution is 5.72. The van der Waals surface area contributed by atoms with Gasteiger partial charge in [-0.05, 0) is 20.8 Å². The summed E-state index contributed by atoms with van der Waals surface area (Å²) in [4.78, 5) is 15.4. The van der Waals surface area contributed by atoms with Gasteiger partial charge in [-0.3, -0.25) is 4.79 Å². The van der Waals surface area contributed by atoms with Gasteiger partial charge in [0.05, 0.1) is 7.11 Å². The number of carboxylic acid groups (broad SMARTS) is 1. The van der Waals surface area contributed by atoms with Crippen molar-refractivity contribution in [1.82, 2.24) is 5.06 Å². The molecule has 0 fully saturated rings. The van der Waals surface area contributed by atoms with Crippen molar-refractivity contribution in [2.75, 3.05) is 7.11 Å². The molecule has 11 heavy (non-hydrogen) atoms. The van der Waals surface area contributed by atoms with Gasteiger partial charge in [0.2, 0.25) is 0 Å². The second-order valence-electron chi connectivity index (χ2n) is 2.65. The smallest absolute Gasteiger partial charge is 0.323 e. The Balaban J connectivity index is 4.13. The number of hydrogen-bond acceptors (Lipinski definition) is 3. The van der Waals surface area contributed by atoms with Crippen LogP contribution in [0.25, 0.3) is 0 Å². The lowest BCUT2D eigenvalue weighted by molar-refractivity contribution is -0.194. The predicted octanol–water partition coefficient (Wildman–Crippen LogP) is 0.731. The van der Waals surface area contributed by atoms with Gasteiger partial charge in [-0.2, -0.15) is 5.06 Å². The van der Waals surface area contributed by atoms with Crippen LogP contribution in [0.4, 0.5) is 0 Å². The first-order chi connectivity index (χ1) is 5.00. The van der Waals surface area contributed by atoms with Crippen molar-refractivity contribution in [3.8, 4) is 0 Å². The maximum absolute atomic E-state index is 10.5. The molecule has 0 saturated heterocycles.